The van der Waals surface area contributed by atoms with E-state index in [-0.39, 0.29) is 11.9 Å². The van der Waals surface area contributed by atoms with E-state index < -0.39 is 0 Å². The number of carbonyl (C=O) groups excluding carboxylic acids is 1. The van der Waals surface area contributed by atoms with Gasteiger partial charge in [0.05, 0.1) is 6.26 Å². The molecule has 1 aliphatic heterocycles. The van der Waals surface area contributed by atoms with Crippen LogP contribution in [0.5, 0.6) is 0 Å². The van der Waals surface area contributed by atoms with Crippen molar-refractivity contribution < 1.29 is 9.21 Å². The fraction of sp³-hybridized carbons (Fsp3) is 0.688. The number of rotatable bonds is 6. The second-order valence-electron chi connectivity index (χ2n) is 5.95. The van der Waals surface area contributed by atoms with Crippen molar-refractivity contribution in [2.75, 3.05) is 26.7 Å². The van der Waals surface area contributed by atoms with E-state index in [0.717, 1.165) is 43.8 Å². The Kier molecular flexibility index (Phi) is 5.82. The first-order chi connectivity index (χ1) is 10.1. The maximum Gasteiger partial charge on any atom is 0.224 e. The lowest BCUT2D eigenvalue weighted by Gasteiger charge is -2.31. The molecule has 1 aromatic heterocycles. The zero-order valence-electron chi connectivity index (χ0n) is 13.2. The van der Waals surface area contributed by atoms with Crippen LogP contribution in [0.15, 0.2) is 16.7 Å². The first-order valence-electron chi connectivity index (χ1n) is 7.83. The molecular weight excluding hydrogens is 266 g/mol. The summed E-state index contributed by atoms with van der Waals surface area (Å²) >= 11 is 0. The van der Waals surface area contributed by atoms with E-state index in [9.17, 15) is 4.79 Å². The van der Waals surface area contributed by atoms with Crippen LogP contribution in [0.1, 0.15) is 37.0 Å². The number of carbonyl (C=O) groups is 1. The third kappa shape index (κ3) is 4.32. The van der Waals surface area contributed by atoms with Crippen LogP contribution in [0.25, 0.3) is 0 Å². The van der Waals surface area contributed by atoms with Crippen LogP contribution in [0.2, 0.25) is 0 Å². The Labute approximate surface area is 127 Å². The van der Waals surface area contributed by atoms with E-state index in [4.69, 9.17) is 10.2 Å². The summed E-state index contributed by atoms with van der Waals surface area (Å²) in [4.78, 5) is 16.5. The molecule has 2 rings (SSSR count). The number of nitrogens with zero attached hydrogens (tertiary/aromatic N) is 2. The fourth-order valence-electron chi connectivity index (χ4n) is 2.87. The maximum atomic E-state index is 12.4. The van der Waals surface area contributed by atoms with E-state index >= 15 is 0 Å². The molecule has 5 nitrogen and oxygen atoms in total. The van der Waals surface area contributed by atoms with Gasteiger partial charge in [0.1, 0.15) is 5.76 Å². The van der Waals surface area contributed by atoms with Crippen molar-refractivity contribution >= 4 is 5.91 Å². The van der Waals surface area contributed by atoms with E-state index in [1.807, 2.05) is 24.9 Å². The number of likely N-dealkylation sites (tertiary alicyclic amines) is 1. The molecule has 0 spiro atoms. The van der Waals surface area contributed by atoms with Gasteiger partial charge in [-0.3, -0.25) is 9.69 Å². The monoisotopic (exact) mass is 293 g/mol. The molecule has 5 heteroatoms. The smallest absolute Gasteiger partial charge is 0.224 e. The lowest BCUT2D eigenvalue weighted by atomic mass is 10.1. The third-order valence-electron chi connectivity index (χ3n) is 4.40. The molecule has 1 amide bonds. The van der Waals surface area contributed by atoms with Crippen molar-refractivity contribution in [2.45, 2.75) is 45.2 Å². The van der Waals surface area contributed by atoms with E-state index in [0.29, 0.717) is 13.0 Å². The van der Waals surface area contributed by atoms with Gasteiger partial charge >= 0.3 is 0 Å². The van der Waals surface area contributed by atoms with Crippen molar-refractivity contribution in [2.24, 2.45) is 5.73 Å². The highest BCUT2D eigenvalue weighted by Crippen LogP contribution is 2.16. The molecule has 0 saturated carbocycles. The van der Waals surface area contributed by atoms with Crippen molar-refractivity contribution in [3.8, 4) is 0 Å². The fourth-order valence-corrected chi connectivity index (χ4v) is 2.87. The summed E-state index contributed by atoms with van der Waals surface area (Å²) < 4.78 is 5.32. The number of hydrogen-bond acceptors (Lipinski definition) is 4. The average Bonchev–Trinajstić information content (AvgIpc) is 2.90. The van der Waals surface area contributed by atoms with Crippen molar-refractivity contribution in [3.63, 3.8) is 0 Å². The van der Waals surface area contributed by atoms with Crippen LogP contribution in [-0.2, 0) is 11.3 Å². The van der Waals surface area contributed by atoms with Gasteiger partial charge in [-0.1, -0.05) is 0 Å². The lowest BCUT2D eigenvalue weighted by Crippen LogP contribution is -2.44. The summed E-state index contributed by atoms with van der Waals surface area (Å²) in [6.45, 7) is 5.02. The molecule has 0 bridgehead atoms. The summed E-state index contributed by atoms with van der Waals surface area (Å²) in [6, 6.07) is 2.06. The maximum absolute atomic E-state index is 12.4. The summed E-state index contributed by atoms with van der Waals surface area (Å²) in [5.74, 6) is 1.17. The molecule has 1 saturated heterocycles. The molecule has 118 valence electrons. The Bertz CT molecular complexity index is 452. The summed E-state index contributed by atoms with van der Waals surface area (Å²) in [7, 11) is 2.02. The number of amides is 1. The van der Waals surface area contributed by atoms with Gasteiger partial charge in [-0.05, 0) is 39.3 Å². The third-order valence-corrected chi connectivity index (χ3v) is 4.40. The second kappa shape index (κ2) is 7.61. The number of nitrogens with two attached hydrogens (primary N) is 1. The molecule has 2 heterocycles. The highest BCUT2D eigenvalue weighted by atomic mass is 16.3. The summed E-state index contributed by atoms with van der Waals surface area (Å²) in [5, 5.41) is 0. The van der Waals surface area contributed by atoms with Gasteiger partial charge in [-0.2, -0.15) is 0 Å². The van der Waals surface area contributed by atoms with Gasteiger partial charge in [0.15, 0.2) is 0 Å². The molecular formula is C16H27N3O2. The zero-order chi connectivity index (χ0) is 15.2. The van der Waals surface area contributed by atoms with Crippen LogP contribution in [0.3, 0.4) is 0 Å². The normalized spacial score (nSPS) is 17.2. The predicted molar refractivity (Wildman–Crippen MR) is 82.8 cm³/mol. The van der Waals surface area contributed by atoms with Gasteiger partial charge in [0, 0.05) is 44.2 Å². The van der Waals surface area contributed by atoms with Crippen molar-refractivity contribution in [1.29, 1.82) is 0 Å². The Hall–Kier alpha value is -1.33. The molecule has 1 aliphatic rings. The van der Waals surface area contributed by atoms with Crippen LogP contribution in [0, 0.1) is 6.92 Å². The molecule has 1 unspecified atom stereocenters. The van der Waals surface area contributed by atoms with Crippen LogP contribution in [0.4, 0.5) is 0 Å². The Morgan fingerprint density at radius 2 is 2.14 bits per heavy atom. The number of hydrogen-bond donors (Lipinski definition) is 1. The topological polar surface area (TPSA) is 62.7 Å². The summed E-state index contributed by atoms with van der Waals surface area (Å²) in [5.41, 5.74) is 7.04. The Morgan fingerprint density at radius 3 is 2.71 bits per heavy atom. The number of piperidine rings is 1. The lowest BCUT2D eigenvalue weighted by molar-refractivity contribution is -0.133. The summed E-state index contributed by atoms with van der Waals surface area (Å²) in [6.07, 6.45) is 5.70. The van der Waals surface area contributed by atoms with Crippen LogP contribution >= 0.6 is 0 Å². The van der Waals surface area contributed by atoms with Crippen molar-refractivity contribution in [3.05, 3.63) is 23.7 Å². The molecule has 1 aromatic rings. The number of likely N-dealkylation sites (N-methyl/N-ethyl adjacent to an activating group) is 1. The molecule has 1 fully saturated rings. The SMILES string of the molecule is Cc1occc1CN(C)C(CN)CC(=O)N1CCCCC1. The van der Waals surface area contributed by atoms with E-state index in [1.54, 1.807) is 6.26 Å². The first-order valence-corrected chi connectivity index (χ1v) is 7.83. The van der Waals surface area contributed by atoms with E-state index in [1.165, 1.54) is 6.42 Å². The molecule has 0 aromatic carbocycles. The minimum Gasteiger partial charge on any atom is -0.469 e. The zero-order valence-corrected chi connectivity index (χ0v) is 13.2. The quantitative estimate of drug-likeness (QED) is 0.868. The largest absolute Gasteiger partial charge is 0.469 e. The molecule has 0 radical (unpaired) electrons. The highest BCUT2D eigenvalue weighted by Gasteiger charge is 2.23. The van der Waals surface area contributed by atoms with Crippen molar-refractivity contribution in [1.82, 2.24) is 9.80 Å². The molecule has 2 N–H and O–H groups in total. The average molecular weight is 293 g/mol. The van der Waals surface area contributed by atoms with Gasteiger partial charge in [0.2, 0.25) is 5.91 Å². The highest BCUT2D eigenvalue weighted by molar-refractivity contribution is 5.76. The van der Waals surface area contributed by atoms with E-state index in [2.05, 4.69) is 4.90 Å². The van der Waals surface area contributed by atoms with Gasteiger partial charge in [-0.15, -0.1) is 0 Å². The number of furan rings is 1. The number of aryl methyl sites for hydroxylation is 1. The molecule has 1 atom stereocenters. The standard InChI is InChI=1S/C16H27N3O2/c1-13-14(6-9-21-13)12-18(2)15(11-17)10-16(20)19-7-4-3-5-8-19/h6,9,15H,3-5,7-8,10-12,17H2,1-2H3. The van der Waals surface area contributed by atoms with Gasteiger partial charge in [0.25, 0.3) is 0 Å². The molecule has 0 aliphatic carbocycles. The van der Waals surface area contributed by atoms with Gasteiger partial charge in [-0.25, -0.2) is 0 Å². The Morgan fingerprint density at radius 1 is 1.43 bits per heavy atom. The first kappa shape index (κ1) is 16.0. The van der Waals surface area contributed by atoms with Gasteiger partial charge < -0.3 is 15.1 Å². The minimum absolute atomic E-state index is 0.0775. The minimum atomic E-state index is 0.0775. The van der Waals surface area contributed by atoms with Crippen LogP contribution < -0.4 is 5.73 Å². The second-order valence-corrected chi connectivity index (χ2v) is 5.95. The predicted octanol–water partition coefficient (Wildman–Crippen LogP) is 1.75. The Balaban J connectivity index is 1.89. The molecule has 21 heavy (non-hydrogen) atoms. The van der Waals surface area contributed by atoms with Crippen LogP contribution in [-0.4, -0.2) is 48.4 Å².